The van der Waals surface area contributed by atoms with Crippen LogP contribution in [-0.4, -0.2) is 130 Å². The number of carbonyl (C=O) groups excluding carboxylic acids is 8. The predicted molar refractivity (Wildman–Crippen MR) is 213 cm³/mol. The van der Waals surface area contributed by atoms with Crippen LogP contribution in [0.1, 0.15) is 71.8 Å². The molecule has 6 unspecified atom stereocenters. The van der Waals surface area contributed by atoms with Crippen LogP contribution in [0, 0.1) is 5.92 Å². The molecule has 0 aromatic heterocycles. The first-order valence-electron chi connectivity index (χ1n) is 18.9. The molecule has 22 nitrogen and oxygen atoms in total. The van der Waals surface area contributed by atoms with Gasteiger partial charge in [0.05, 0.1) is 6.61 Å². The number of hydrogen-bond donors (Lipinski definition) is 11. The number of nitrogens with two attached hydrogens (primary N) is 4. The van der Waals surface area contributed by atoms with Crippen molar-refractivity contribution in [2.45, 2.75) is 109 Å². The number of aliphatic carboxylic acids is 1. The van der Waals surface area contributed by atoms with Crippen LogP contribution in [0.3, 0.4) is 0 Å². The lowest BCUT2D eigenvalue weighted by atomic mass is 10.0. The number of aliphatic imine (C=N–C) groups is 1. The number of carboxylic acids is 1. The summed E-state index contributed by atoms with van der Waals surface area (Å²) in [6.07, 6.45) is 0.778. The van der Waals surface area contributed by atoms with Crippen LogP contribution in [0.5, 0.6) is 0 Å². The molecule has 0 aliphatic carbocycles. The summed E-state index contributed by atoms with van der Waals surface area (Å²) in [6.45, 7) is 5.19. The van der Waals surface area contributed by atoms with E-state index in [1.54, 1.807) is 44.2 Å². The molecule has 0 spiro atoms. The second-order valence-electron chi connectivity index (χ2n) is 14.1. The lowest BCUT2D eigenvalue weighted by Gasteiger charge is -2.28. The number of guanidine groups is 1. The van der Waals surface area contributed by atoms with E-state index in [2.05, 4.69) is 31.6 Å². The van der Waals surface area contributed by atoms with E-state index >= 15 is 0 Å². The topological polar surface area (TPSA) is 374 Å². The van der Waals surface area contributed by atoms with E-state index in [4.69, 9.17) is 32.8 Å². The predicted octanol–water partition coefficient (Wildman–Crippen LogP) is -3.79. The number of benzene rings is 1. The van der Waals surface area contributed by atoms with Crippen molar-refractivity contribution >= 4 is 59.2 Å². The number of primary amides is 2. The Morgan fingerprint density at radius 1 is 0.780 bits per heavy atom. The first-order chi connectivity index (χ1) is 27.7. The smallest absolute Gasteiger partial charge is 0.300 e. The number of rotatable bonds is 22. The molecule has 1 heterocycles. The molecule has 6 atom stereocenters. The molecule has 328 valence electrons. The summed E-state index contributed by atoms with van der Waals surface area (Å²) >= 11 is 0. The number of nitrogens with zero attached hydrogens (tertiary/aromatic N) is 2. The van der Waals surface area contributed by atoms with Gasteiger partial charge in [-0.15, -0.1) is 0 Å². The van der Waals surface area contributed by atoms with Gasteiger partial charge in [0, 0.05) is 39.8 Å². The zero-order chi connectivity index (χ0) is 44.8. The van der Waals surface area contributed by atoms with E-state index in [1.807, 2.05) is 0 Å². The van der Waals surface area contributed by atoms with Crippen molar-refractivity contribution in [3.05, 3.63) is 35.9 Å². The fourth-order valence-corrected chi connectivity index (χ4v) is 5.88. The zero-order valence-electron chi connectivity index (χ0n) is 33.8. The summed E-state index contributed by atoms with van der Waals surface area (Å²) in [5.41, 5.74) is 22.1. The highest BCUT2D eigenvalue weighted by Gasteiger charge is 2.36. The van der Waals surface area contributed by atoms with Crippen molar-refractivity contribution < 1.29 is 53.4 Å². The Labute approximate surface area is 342 Å². The standard InChI is InChI=1S/C35H55N11O9.C2H4O2/c1-19(2)28(34(55)41-22(29(37)50)13-14-27(36)49)45-32(53)25(18-47)44-30(51)23(11-7-15-40-35(38)39)42-31(52)24(17-21-9-5-4-6-10-21)43-33(54)26-12-8-16-46(26)20(3)48;1-2(3)4/h4-6,9-10,19,22-26,28,47H,7-8,11-18H2,1-3H3,(H2,36,49)(H2,37,50)(H,41,55)(H,42,52)(H,43,54)(H,44,51)(H,45,53)(H4,38,39,40);1H3,(H,3,4). The average molecular weight is 834 g/mol. The van der Waals surface area contributed by atoms with Gasteiger partial charge in [-0.3, -0.25) is 48.1 Å². The van der Waals surface area contributed by atoms with Crippen LogP contribution in [0.25, 0.3) is 0 Å². The minimum absolute atomic E-state index is 0.0347. The van der Waals surface area contributed by atoms with Crippen molar-refractivity contribution in [1.29, 1.82) is 0 Å². The third-order valence-corrected chi connectivity index (χ3v) is 8.86. The Morgan fingerprint density at radius 2 is 1.34 bits per heavy atom. The molecule has 0 saturated carbocycles. The van der Waals surface area contributed by atoms with Gasteiger partial charge in [0.1, 0.15) is 36.3 Å². The van der Waals surface area contributed by atoms with Crippen molar-refractivity contribution in [2.75, 3.05) is 19.7 Å². The first kappa shape index (κ1) is 50.7. The average Bonchev–Trinajstić information content (AvgIpc) is 3.66. The molecule has 0 radical (unpaired) electrons. The number of nitrogens with one attached hydrogen (secondary N) is 5. The lowest BCUT2D eigenvalue weighted by Crippen LogP contribution is -2.61. The van der Waals surface area contributed by atoms with Gasteiger partial charge in [-0.2, -0.15) is 0 Å². The monoisotopic (exact) mass is 833 g/mol. The summed E-state index contributed by atoms with van der Waals surface area (Å²) in [5.74, 6) is -7.47. The van der Waals surface area contributed by atoms with Gasteiger partial charge in [0.25, 0.3) is 5.97 Å². The maximum Gasteiger partial charge on any atom is 0.300 e. The Kier molecular flexibility index (Phi) is 22.2. The maximum atomic E-state index is 13.9. The summed E-state index contributed by atoms with van der Waals surface area (Å²) in [7, 11) is 0. The Balaban J connectivity index is 0.00000415. The third-order valence-electron chi connectivity index (χ3n) is 8.86. The molecule has 15 N–H and O–H groups in total. The van der Waals surface area contributed by atoms with Crippen molar-refractivity contribution in [2.24, 2.45) is 33.8 Å². The van der Waals surface area contributed by atoms with E-state index in [0.717, 1.165) is 6.92 Å². The second kappa shape index (κ2) is 25.8. The number of aliphatic hydroxyl groups excluding tert-OH is 1. The SMILES string of the molecule is CC(=O)N1CCCC1C(=O)NC(Cc1ccccc1)C(=O)NC(CCCN=C(N)N)C(=O)NC(CO)C(=O)NC(C(=O)NC(CCC(N)=O)C(N)=O)C(C)C.CC(=O)O. The van der Waals surface area contributed by atoms with Gasteiger partial charge < -0.3 is 64.6 Å². The summed E-state index contributed by atoms with van der Waals surface area (Å²) < 4.78 is 0. The molecule has 59 heavy (non-hydrogen) atoms. The number of carboxylic acid groups (broad SMARTS) is 1. The fraction of sp³-hybridized carbons (Fsp3) is 0.568. The van der Waals surface area contributed by atoms with Crippen LogP contribution in [0.2, 0.25) is 0 Å². The molecule has 1 saturated heterocycles. The van der Waals surface area contributed by atoms with Crippen molar-refractivity contribution in [1.82, 2.24) is 31.5 Å². The number of hydrogen-bond acceptors (Lipinski definition) is 11. The molecular formula is C37H59N11O11. The Bertz CT molecular complexity index is 1650. The number of aliphatic hydroxyl groups is 1. The number of carbonyl (C=O) groups is 9. The van der Waals surface area contributed by atoms with E-state index in [-0.39, 0.29) is 50.5 Å². The molecule has 1 aliphatic heterocycles. The molecule has 2 rings (SSSR count). The summed E-state index contributed by atoms with van der Waals surface area (Å²) in [5, 5.41) is 30.2. The van der Waals surface area contributed by atoms with Crippen LogP contribution >= 0.6 is 0 Å². The maximum absolute atomic E-state index is 13.9. The highest BCUT2D eigenvalue weighted by molar-refractivity contribution is 5.97. The largest absolute Gasteiger partial charge is 0.481 e. The Hall–Kier alpha value is -6.32. The van der Waals surface area contributed by atoms with E-state index in [1.165, 1.54) is 11.8 Å². The fourth-order valence-electron chi connectivity index (χ4n) is 5.88. The molecule has 1 aliphatic rings. The van der Waals surface area contributed by atoms with Gasteiger partial charge in [-0.05, 0) is 43.6 Å². The summed E-state index contributed by atoms with van der Waals surface area (Å²) in [6, 6.07) is 1.37. The highest BCUT2D eigenvalue weighted by Crippen LogP contribution is 2.18. The Morgan fingerprint density at radius 3 is 1.86 bits per heavy atom. The second-order valence-corrected chi connectivity index (χ2v) is 14.1. The first-order valence-corrected chi connectivity index (χ1v) is 18.9. The molecule has 1 fully saturated rings. The molecular weight excluding hydrogens is 774 g/mol. The van der Waals surface area contributed by atoms with E-state index in [0.29, 0.717) is 24.9 Å². The molecule has 1 aromatic rings. The van der Waals surface area contributed by atoms with Gasteiger partial charge in [0.2, 0.25) is 47.3 Å². The van der Waals surface area contributed by atoms with Crippen LogP contribution in [0.4, 0.5) is 0 Å². The van der Waals surface area contributed by atoms with Gasteiger partial charge in [-0.1, -0.05) is 44.2 Å². The molecule has 1 aromatic carbocycles. The van der Waals surface area contributed by atoms with Gasteiger partial charge in [-0.25, -0.2) is 0 Å². The van der Waals surface area contributed by atoms with Crippen molar-refractivity contribution in [3.8, 4) is 0 Å². The number of amides is 8. The van der Waals surface area contributed by atoms with Crippen LogP contribution in [0.15, 0.2) is 35.3 Å². The van der Waals surface area contributed by atoms with Crippen molar-refractivity contribution in [3.63, 3.8) is 0 Å². The number of likely N-dealkylation sites (tertiary alicyclic amines) is 1. The van der Waals surface area contributed by atoms with Crippen LogP contribution < -0.4 is 49.5 Å². The normalized spacial score (nSPS) is 15.7. The quantitative estimate of drug-likeness (QED) is 0.0304. The summed E-state index contributed by atoms with van der Waals surface area (Å²) in [4.78, 5) is 117. The van der Waals surface area contributed by atoms with Gasteiger partial charge >= 0.3 is 0 Å². The molecule has 0 bridgehead atoms. The zero-order valence-corrected chi connectivity index (χ0v) is 33.8. The van der Waals surface area contributed by atoms with Crippen LogP contribution in [-0.2, 0) is 49.6 Å². The highest BCUT2D eigenvalue weighted by atomic mass is 16.4. The minimum Gasteiger partial charge on any atom is -0.481 e. The van der Waals surface area contributed by atoms with E-state index < -0.39 is 96.1 Å². The molecule has 8 amide bonds. The minimum atomic E-state index is -1.61. The lowest BCUT2D eigenvalue weighted by molar-refractivity contribution is -0.138. The third kappa shape index (κ3) is 19.1. The molecule has 22 heteroatoms. The van der Waals surface area contributed by atoms with E-state index in [9.17, 15) is 43.5 Å². The van der Waals surface area contributed by atoms with Gasteiger partial charge in [0.15, 0.2) is 5.96 Å².